The van der Waals surface area contributed by atoms with E-state index in [2.05, 4.69) is 63.1 Å². The van der Waals surface area contributed by atoms with E-state index in [1.807, 2.05) is 30.5 Å². The van der Waals surface area contributed by atoms with Gasteiger partial charge in [-0.15, -0.1) is 0 Å². The molecule has 0 amide bonds. The lowest BCUT2D eigenvalue weighted by Crippen LogP contribution is -2.38. The van der Waals surface area contributed by atoms with Crippen molar-refractivity contribution in [1.82, 2.24) is 19.9 Å². The van der Waals surface area contributed by atoms with Crippen molar-refractivity contribution in [1.29, 1.82) is 0 Å². The highest BCUT2D eigenvalue weighted by molar-refractivity contribution is 5.99. The second-order valence-electron chi connectivity index (χ2n) is 6.70. The van der Waals surface area contributed by atoms with E-state index in [1.165, 1.54) is 7.11 Å². The number of anilines is 2. The fourth-order valence-electron chi connectivity index (χ4n) is 3.02. The molecule has 0 aliphatic heterocycles. The van der Waals surface area contributed by atoms with E-state index < -0.39 is 0 Å². The fraction of sp³-hybridized carbons (Fsp3) is 0.368. The first-order valence-corrected chi connectivity index (χ1v) is 8.93. The summed E-state index contributed by atoms with van der Waals surface area (Å²) in [7, 11) is 1.53. The summed E-state index contributed by atoms with van der Waals surface area (Å²) in [6, 6.07) is 8.77. The van der Waals surface area contributed by atoms with E-state index in [0.717, 1.165) is 16.5 Å². The minimum atomic E-state index is 0.236. The van der Waals surface area contributed by atoms with Gasteiger partial charge in [-0.2, -0.15) is 20.1 Å². The van der Waals surface area contributed by atoms with Crippen molar-refractivity contribution < 1.29 is 4.74 Å². The Morgan fingerprint density at radius 2 is 1.85 bits per heavy atom. The molecule has 0 aliphatic rings. The zero-order chi connectivity index (χ0) is 19.4. The largest absolute Gasteiger partial charge is 0.467 e. The molecule has 3 aromatic rings. The zero-order valence-electron chi connectivity index (χ0n) is 16.3. The van der Waals surface area contributed by atoms with Gasteiger partial charge in [0.2, 0.25) is 5.95 Å². The fourth-order valence-corrected chi connectivity index (χ4v) is 3.02. The molecule has 27 heavy (non-hydrogen) atoms. The van der Waals surface area contributed by atoms with Crippen LogP contribution in [0, 0.1) is 0 Å². The summed E-state index contributed by atoms with van der Waals surface area (Å²) in [6.07, 6.45) is 3.64. The lowest BCUT2D eigenvalue weighted by atomic mass is 10.2. The average molecular weight is 367 g/mol. The predicted molar refractivity (Wildman–Crippen MR) is 109 cm³/mol. The van der Waals surface area contributed by atoms with Crippen LogP contribution in [0.4, 0.5) is 11.9 Å². The van der Waals surface area contributed by atoms with Crippen LogP contribution in [0.3, 0.4) is 0 Å². The molecule has 0 unspecified atom stereocenters. The molecule has 142 valence electrons. The van der Waals surface area contributed by atoms with E-state index in [-0.39, 0.29) is 18.1 Å². The predicted octanol–water partition coefficient (Wildman–Crippen LogP) is 3.43. The van der Waals surface area contributed by atoms with Gasteiger partial charge in [-0.1, -0.05) is 18.2 Å². The number of nitrogens with zero attached hydrogens (tertiary/aromatic N) is 5. The van der Waals surface area contributed by atoms with E-state index in [0.29, 0.717) is 11.9 Å². The van der Waals surface area contributed by atoms with Crippen LogP contribution in [0.1, 0.15) is 33.3 Å². The number of aromatic amines is 1. The molecule has 8 nitrogen and oxygen atoms in total. The molecule has 0 saturated carbocycles. The second-order valence-corrected chi connectivity index (χ2v) is 6.70. The number of nitrogens with one attached hydrogen (secondary N) is 2. The molecule has 0 bridgehead atoms. The maximum absolute atomic E-state index is 5.23. The van der Waals surface area contributed by atoms with Gasteiger partial charge in [0.1, 0.15) is 0 Å². The monoisotopic (exact) mass is 367 g/mol. The van der Waals surface area contributed by atoms with E-state index in [9.17, 15) is 0 Å². The first kappa shape index (κ1) is 18.6. The Morgan fingerprint density at radius 3 is 2.56 bits per heavy atom. The van der Waals surface area contributed by atoms with Crippen LogP contribution in [0.5, 0.6) is 6.01 Å². The van der Waals surface area contributed by atoms with Gasteiger partial charge in [-0.05, 0) is 33.8 Å². The summed E-state index contributed by atoms with van der Waals surface area (Å²) >= 11 is 0. The molecule has 3 rings (SSSR count). The Morgan fingerprint density at radius 1 is 1.11 bits per heavy atom. The summed E-state index contributed by atoms with van der Waals surface area (Å²) in [5.74, 6) is 0.885. The first-order chi connectivity index (χ1) is 13.0. The van der Waals surface area contributed by atoms with Crippen LogP contribution in [0.15, 0.2) is 35.6 Å². The Bertz CT molecular complexity index is 925. The van der Waals surface area contributed by atoms with Gasteiger partial charge >= 0.3 is 6.01 Å². The van der Waals surface area contributed by atoms with Crippen LogP contribution < -0.4 is 15.1 Å². The zero-order valence-corrected chi connectivity index (χ0v) is 16.3. The Hall–Kier alpha value is -3.16. The number of para-hydroxylation sites is 1. The Labute approximate surface area is 158 Å². The van der Waals surface area contributed by atoms with Crippen molar-refractivity contribution in [3.63, 3.8) is 0 Å². The van der Waals surface area contributed by atoms with E-state index >= 15 is 0 Å². The quantitative estimate of drug-likeness (QED) is 0.491. The van der Waals surface area contributed by atoms with Crippen molar-refractivity contribution in [3.05, 3.63) is 36.0 Å². The van der Waals surface area contributed by atoms with Gasteiger partial charge in [0.05, 0.1) is 13.3 Å². The topological polar surface area (TPSA) is 91.3 Å². The molecule has 0 spiro atoms. The van der Waals surface area contributed by atoms with Crippen molar-refractivity contribution in [2.24, 2.45) is 5.10 Å². The molecule has 0 fully saturated rings. The van der Waals surface area contributed by atoms with Crippen molar-refractivity contribution in [2.75, 3.05) is 17.4 Å². The third kappa shape index (κ3) is 4.16. The summed E-state index contributed by atoms with van der Waals surface area (Å²) in [6.45, 7) is 8.38. The summed E-state index contributed by atoms with van der Waals surface area (Å²) in [5, 5.41) is 5.38. The van der Waals surface area contributed by atoms with Crippen LogP contribution in [-0.4, -0.2) is 45.3 Å². The number of ether oxygens (including phenoxy) is 1. The molecule has 2 heterocycles. The Balaban J connectivity index is 1.85. The molecule has 2 aromatic heterocycles. The number of methoxy groups -OCH3 is 1. The number of H-pyrrole nitrogens is 1. The SMILES string of the molecule is COc1nc(NN=Cc2c[nH]c3ccccc23)nc(N(C(C)C)C(C)C)n1. The molecular weight excluding hydrogens is 342 g/mol. The van der Waals surface area contributed by atoms with E-state index in [1.54, 1.807) is 6.21 Å². The third-order valence-electron chi connectivity index (χ3n) is 4.12. The van der Waals surface area contributed by atoms with Gasteiger partial charge in [0, 0.05) is 34.7 Å². The number of hydrogen-bond acceptors (Lipinski definition) is 7. The van der Waals surface area contributed by atoms with Crippen molar-refractivity contribution in [3.8, 4) is 6.01 Å². The number of hydrazone groups is 1. The standard InChI is InChI=1S/C19H25N7O/c1-12(2)26(13(3)4)18-22-17(23-19(24-18)27-5)25-21-11-14-10-20-16-9-7-6-8-15(14)16/h6-13,20H,1-5H3,(H,22,23,24,25). The number of benzene rings is 1. The number of aromatic nitrogens is 4. The molecule has 1 aromatic carbocycles. The number of fused-ring (bicyclic) bond motifs is 1. The smallest absolute Gasteiger partial charge is 0.322 e. The summed E-state index contributed by atoms with van der Waals surface area (Å²) < 4.78 is 5.23. The average Bonchev–Trinajstić information content (AvgIpc) is 3.04. The maximum atomic E-state index is 5.23. The molecule has 2 N–H and O–H groups in total. The van der Waals surface area contributed by atoms with Crippen LogP contribution >= 0.6 is 0 Å². The lowest BCUT2D eigenvalue weighted by Gasteiger charge is -2.30. The van der Waals surface area contributed by atoms with Gasteiger partial charge in [-0.25, -0.2) is 5.43 Å². The lowest BCUT2D eigenvalue weighted by molar-refractivity contribution is 0.377. The molecule has 0 atom stereocenters. The first-order valence-electron chi connectivity index (χ1n) is 8.93. The normalized spacial score (nSPS) is 11.7. The highest BCUT2D eigenvalue weighted by Crippen LogP contribution is 2.20. The van der Waals surface area contributed by atoms with Gasteiger partial charge in [0.25, 0.3) is 5.95 Å². The summed E-state index contributed by atoms with van der Waals surface area (Å²) in [4.78, 5) is 18.4. The van der Waals surface area contributed by atoms with Crippen LogP contribution in [-0.2, 0) is 0 Å². The summed E-state index contributed by atoms with van der Waals surface area (Å²) in [5.41, 5.74) is 4.92. The van der Waals surface area contributed by atoms with Crippen LogP contribution in [0.25, 0.3) is 10.9 Å². The third-order valence-corrected chi connectivity index (χ3v) is 4.12. The minimum Gasteiger partial charge on any atom is -0.467 e. The second kappa shape index (κ2) is 8.03. The van der Waals surface area contributed by atoms with E-state index in [4.69, 9.17) is 4.74 Å². The molecular formula is C19H25N7O. The molecule has 8 heteroatoms. The highest BCUT2D eigenvalue weighted by Gasteiger charge is 2.19. The molecule has 0 radical (unpaired) electrons. The van der Waals surface area contributed by atoms with Gasteiger partial charge < -0.3 is 14.6 Å². The Kier molecular flexibility index (Phi) is 5.54. The minimum absolute atomic E-state index is 0.236. The number of hydrogen-bond donors (Lipinski definition) is 2. The van der Waals surface area contributed by atoms with Crippen molar-refractivity contribution in [2.45, 2.75) is 39.8 Å². The number of rotatable bonds is 7. The van der Waals surface area contributed by atoms with Crippen LogP contribution in [0.2, 0.25) is 0 Å². The van der Waals surface area contributed by atoms with Gasteiger partial charge in [0.15, 0.2) is 0 Å². The van der Waals surface area contributed by atoms with Crippen molar-refractivity contribution >= 4 is 29.0 Å². The molecule has 0 aliphatic carbocycles. The molecule has 0 saturated heterocycles. The maximum Gasteiger partial charge on any atom is 0.322 e. The highest BCUT2D eigenvalue weighted by atomic mass is 16.5. The van der Waals surface area contributed by atoms with Gasteiger partial charge in [-0.3, -0.25) is 0 Å².